The molecule has 0 aromatic heterocycles. The van der Waals surface area contributed by atoms with Crippen molar-refractivity contribution in [3.63, 3.8) is 0 Å². The lowest BCUT2D eigenvalue weighted by Gasteiger charge is -2.41. The summed E-state index contributed by atoms with van der Waals surface area (Å²) in [6.07, 6.45) is 1.02. The van der Waals surface area contributed by atoms with Crippen LogP contribution in [0.2, 0.25) is 0 Å². The highest BCUT2D eigenvalue weighted by atomic mass is 16.5. The fraction of sp³-hybridized carbons (Fsp3) is 0.900. The molecule has 4 heteroatoms. The minimum Gasteiger partial charge on any atom is -0.362 e. The third-order valence-electron chi connectivity index (χ3n) is 3.11. The second-order valence-electron chi connectivity index (χ2n) is 4.51. The van der Waals surface area contributed by atoms with Crippen LogP contribution in [-0.4, -0.2) is 48.7 Å². The van der Waals surface area contributed by atoms with Crippen LogP contribution in [0.1, 0.15) is 20.3 Å². The first kappa shape index (κ1) is 9.93. The molecule has 0 aromatic carbocycles. The predicted octanol–water partition coefficient (Wildman–Crippen LogP) is -0.0143. The Kier molecular flexibility index (Phi) is 2.49. The van der Waals surface area contributed by atoms with Gasteiger partial charge in [0.25, 0.3) is 0 Å². The Balaban J connectivity index is 2.08. The molecule has 0 aliphatic carbocycles. The predicted molar refractivity (Wildman–Crippen MR) is 53.0 cm³/mol. The van der Waals surface area contributed by atoms with Crippen LogP contribution in [-0.2, 0) is 9.53 Å². The van der Waals surface area contributed by atoms with Crippen molar-refractivity contribution in [2.45, 2.75) is 31.9 Å². The Bertz CT molecular complexity index is 234. The molecule has 1 amide bonds. The molecule has 2 fully saturated rings. The summed E-state index contributed by atoms with van der Waals surface area (Å²) in [5, 5.41) is 3.29. The maximum Gasteiger partial charge on any atom is 0.248 e. The van der Waals surface area contributed by atoms with Gasteiger partial charge in [-0.3, -0.25) is 4.79 Å². The third kappa shape index (κ3) is 1.64. The van der Waals surface area contributed by atoms with Crippen molar-refractivity contribution in [3.05, 3.63) is 0 Å². The van der Waals surface area contributed by atoms with Crippen molar-refractivity contribution >= 4 is 5.91 Å². The number of morpholine rings is 1. The van der Waals surface area contributed by atoms with Gasteiger partial charge in [0.15, 0.2) is 0 Å². The summed E-state index contributed by atoms with van der Waals surface area (Å²) in [5.74, 6) is 0.123. The second-order valence-corrected chi connectivity index (χ2v) is 4.51. The summed E-state index contributed by atoms with van der Waals surface area (Å²) >= 11 is 0. The molecule has 0 radical (unpaired) electrons. The lowest BCUT2D eigenvalue weighted by Crippen LogP contribution is -2.57. The number of rotatable bonds is 1. The van der Waals surface area contributed by atoms with Crippen LogP contribution in [0, 0.1) is 0 Å². The van der Waals surface area contributed by atoms with Gasteiger partial charge in [-0.05, 0) is 26.8 Å². The van der Waals surface area contributed by atoms with Gasteiger partial charge < -0.3 is 15.0 Å². The Labute approximate surface area is 84.6 Å². The second kappa shape index (κ2) is 3.51. The van der Waals surface area contributed by atoms with Crippen LogP contribution in [0.4, 0.5) is 0 Å². The number of amides is 1. The number of carbonyl (C=O) groups excluding carboxylic acids is 1. The molecule has 1 unspecified atom stereocenters. The van der Waals surface area contributed by atoms with E-state index in [-0.39, 0.29) is 24.2 Å². The quantitative estimate of drug-likeness (QED) is 0.644. The van der Waals surface area contributed by atoms with E-state index in [1.54, 1.807) is 0 Å². The van der Waals surface area contributed by atoms with Gasteiger partial charge in [0, 0.05) is 12.6 Å². The van der Waals surface area contributed by atoms with Crippen molar-refractivity contribution in [2.75, 3.05) is 26.2 Å². The van der Waals surface area contributed by atoms with E-state index in [4.69, 9.17) is 4.74 Å². The van der Waals surface area contributed by atoms with Crippen LogP contribution in [0.15, 0.2) is 0 Å². The van der Waals surface area contributed by atoms with Gasteiger partial charge in [0.2, 0.25) is 5.91 Å². The number of hydrogen-bond donors (Lipinski definition) is 1. The van der Waals surface area contributed by atoms with Gasteiger partial charge in [-0.2, -0.15) is 0 Å². The molecule has 1 N–H and O–H groups in total. The molecular weight excluding hydrogens is 180 g/mol. The van der Waals surface area contributed by atoms with E-state index in [2.05, 4.69) is 19.2 Å². The largest absolute Gasteiger partial charge is 0.362 e. The first-order valence-corrected chi connectivity index (χ1v) is 5.27. The number of nitrogens with zero attached hydrogens (tertiary/aromatic N) is 1. The molecule has 0 aromatic rings. The van der Waals surface area contributed by atoms with Crippen molar-refractivity contribution < 1.29 is 9.53 Å². The Morgan fingerprint density at radius 2 is 2.36 bits per heavy atom. The highest BCUT2D eigenvalue weighted by Gasteiger charge is 2.42. The Hall–Kier alpha value is -0.610. The van der Waals surface area contributed by atoms with Gasteiger partial charge in [0.1, 0.15) is 6.61 Å². The van der Waals surface area contributed by atoms with E-state index in [0.717, 1.165) is 26.1 Å². The van der Waals surface area contributed by atoms with Gasteiger partial charge >= 0.3 is 0 Å². The summed E-state index contributed by atoms with van der Waals surface area (Å²) < 4.78 is 5.67. The van der Waals surface area contributed by atoms with Crippen LogP contribution in [0.25, 0.3) is 0 Å². The standard InChI is InChI=1S/C10H18N2O2/c1-8(2)12-7-10(3-4-11-6-10)14-5-9(12)13/h8,11H,3-7H2,1-2H3. The average molecular weight is 198 g/mol. The Morgan fingerprint density at radius 1 is 1.57 bits per heavy atom. The van der Waals surface area contributed by atoms with Crippen LogP contribution < -0.4 is 5.32 Å². The first-order chi connectivity index (χ1) is 6.63. The van der Waals surface area contributed by atoms with Gasteiger partial charge in [-0.25, -0.2) is 0 Å². The maximum absolute atomic E-state index is 11.6. The maximum atomic E-state index is 11.6. The zero-order valence-electron chi connectivity index (χ0n) is 8.88. The molecule has 80 valence electrons. The fourth-order valence-corrected chi connectivity index (χ4v) is 2.19. The molecular formula is C10H18N2O2. The van der Waals surface area contributed by atoms with Crippen molar-refractivity contribution in [2.24, 2.45) is 0 Å². The van der Waals surface area contributed by atoms with Gasteiger partial charge in [-0.15, -0.1) is 0 Å². The third-order valence-corrected chi connectivity index (χ3v) is 3.11. The van der Waals surface area contributed by atoms with E-state index >= 15 is 0 Å². The zero-order valence-corrected chi connectivity index (χ0v) is 8.88. The molecule has 1 atom stereocenters. The highest BCUT2D eigenvalue weighted by Crippen LogP contribution is 2.26. The number of hydrogen-bond acceptors (Lipinski definition) is 3. The summed E-state index contributed by atoms with van der Waals surface area (Å²) in [6.45, 7) is 6.98. The summed E-state index contributed by atoms with van der Waals surface area (Å²) in [6, 6.07) is 0.281. The van der Waals surface area contributed by atoms with E-state index < -0.39 is 0 Å². The molecule has 0 saturated carbocycles. The van der Waals surface area contributed by atoms with Gasteiger partial charge in [-0.1, -0.05) is 0 Å². The molecule has 0 bridgehead atoms. The van der Waals surface area contributed by atoms with Crippen LogP contribution in [0.5, 0.6) is 0 Å². The minimum absolute atomic E-state index is 0.0990. The number of carbonyl (C=O) groups is 1. The van der Waals surface area contributed by atoms with E-state index in [1.165, 1.54) is 0 Å². The monoisotopic (exact) mass is 198 g/mol. The molecule has 4 nitrogen and oxygen atoms in total. The highest BCUT2D eigenvalue weighted by molar-refractivity contribution is 5.78. The molecule has 1 spiro atoms. The topological polar surface area (TPSA) is 41.6 Å². The minimum atomic E-state index is -0.0990. The average Bonchev–Trinajstić information content (AvgIpc) is 2.58. The first-order valence-electron chi connectivity index (χ1n) is 5.27. The normalized spacial score (nSPS) is 33.4. The van der Waals surface area contributed by atoms with Crippen molar-refractivity contribution in [3.8, 4) is 0 Å². The molecule has 2 aliphatic heterocycles. The molecule has 2 heterocycles. The molecule has 2 aliphatic rings. The van der Waals surface area contributed by atoms with E-state index in [9.17, 15) is 4.79 Å². The smallest absolute Gasteiger partial charge is 0.248 e. The molecule has 2 rings (SSSR count). The number of ether oxygens (including phenoxy) is 1. The van der Waals surface area contributed by atoms with Gasteiger partial charge in [0.05, 0.1) is 12.1 Å². The summed E-state index contributed by atoms with van der Waals surface area (Å²) in [5.41, 5.74) is -0.0990. The fourth-order valence-electron chi connectivity index (χ4n) is 2.19. The molecule has 2 saturated heterocycles. The van der Waals surface area contributed by atoms with E-state index in [1.807, 2.05) is 4.90 Å². The lowest BCUT2D eigenvalue weighted by molar-refractivity contribution is -0.163. The number of nitrogens with one attached hydrogen (secondary N) is 1. The van der Waals surface area contributed by atoms with Crippen molar-refractivity contribution in [1.82, 2.24) is 10.2 Å². The summed E-state index contributed by atoms with van der Waals surface area (Å²) in [7, 11) is 0. The lowest BCUT2D eigenvalue weighted by atomic mass is 9.99. The van der Waals surface area contributed by atoms with E-state index in [0.29, 0.717) is 0 Å². The van der Waals surface area contributed by atoms with Crippen molar-refractivity contribution in [1.29, 1.82) is 0 Å². The van der Waals surface area contributed by atoms with Crippen LogP contribution >= 0.6 is 0 Å². The molecule has 14 heavy (non-hydrogen) atoms. The zero-order chi connectivity index (χ0) is 10.2. The van der Waals surface area contributed by atoms with Crippen LogP contribution in [0.3, 0.4) is 0 Å². The Morgan fingerprint density at radius 3 is 2.93 bits per heavy atom. The SMILES string of the molecule is CC(C)N1CC2(CCNC2)OCC1=O. The summed E-state index contributed by atoms with van der Waals surface area (Å²) in [4.78, 5) is 13.5.